The first-order valence-corrected chi connectivity index (χ1v) is 5.98. The van der Waals surface area contributed by atoms with Crippen molar-refractivity contribution in [2.45, 2.75) is 12.5 Å². The van der Waals surface area contributed by atoms with E-state index < -0.39 is 0 Å². The first kappa shape index (κ1) is 12.6. The Hall–Kier alpha value is -1.82. The molecule has 2 heterocycles. The molecule has 0 radical (unpaired) electrons. The summed E-state index contributed by atoms with van der Waals surface area (Å²) in [5.74, 6) is 0.920. The number of oxime groups is 1. The highest BCUT2D eigenvalue weighted by molar-refractivity contribution is 5.95. The van der Waals surface area contributed by atoms with Gasteiger partial charge in [0.15, 0.2) is 5.84 Å². The van der Waals surface area contributed by atoms with Crippen LogP contribution < -0.4 is 10.6 Å². The smallest absolute Gasteiger partial charge is 0.188 e. The van der Waals surface area contributed by atoms with E-state index in [0.717, 1.165) is 25.3 Å². The first-order chi connectivity index (χ1) is 8.61. The molecule has 98 valence electrons. The molecule has 1 unspecified atom stereocenters. The molecule has 0 aromatic carbocycles. The van der Waals surface area contributed by atoms with E-state index in [2.05, 4.69) is 34.0 Å². The first-order valence-electron chi connectivity index (χ1n) is 5.98. The summed E-state index contributed by atoms with van der Waals surface area (Å²) in [5.41, 5.74) is 6.05. The molecule has 6 nitrogen and oxygen atoms in total. The molecular weight excluding hydrogens is 230 g/mol. The highest BCUT2D eigenvalue weighted by atomic mass is 16.4. The van der Waals surface area contributed by atoms with Crippen LogP contribution in [0.2, 0.25) is 0 Å². The van der Waals surface area contributed by atoms with Gasteiger partial charge in [-0.05, 0) is 32.6 Å². The SMILES string of the molecule is CN(C)C1CCN(c2cccc(C(N)=NO)n2)C1. The Bertz CT molecular complexity index is 446. The fourth-order valence-corrected chi connectivity index (χ4v) is 2.16. The third-order valence-electron chi connectivity index (χ3n) is 3.32. The number of hydrogen-bond acceptors (Lipinski definition) is 5. The summed E-state index contributed by atoms with van der Waals surface area (Å²) in [6, 6.07) is 6.11. The molecule has 1 aromatic heterocycles. The maximum absolute atomic E-state index is 8.66. The number of nitrogens with two attached hydrogens (primary N) is 1. The van der Waals surface area contributed by atoms with Crippen LogP contribution in [0.4, 0.5) is 5.82 Å². The molecule has 1 aliphatic rings. The molecular formula is C12H19N5O. The lowest BCUT2D eigenvalue weighted by molar-refractivity contribution is 0.315. The maximum atomic E-state index is 8.66. The van der Waals surface area contributed by atoms with Gasteiger partial charge in [0.05, 0.1) is 0 Å². The van der Waals surface area contributed by atoms with Crippen molar-refractivity contribution >= 4 is 11.7 Å². The van der Waals surface area contributed by atoms with Crippen molar-refractivity contribution < 1.29 is 5.21 Å². The minimum Gasteiger partial charge on any atom is -0.409 e. The second-order valence-corrected chi connectivity index (χ2v) is 4.72. The van der Waals surface area contributed by atoms with Gasteiger partial charge in [-0.1, -0.05) is 11.2 Å². The zero-order valence-electron chi connectivity index (χ0n) is 10.7. The Labute approximate surface area is 107 Å². The third-order valence-corrected chi connectivity index (χ3v) is 3.32. The van der Waals surface area contributed by atoms with Gasteiger partial charge in [-0.25, -0.2) is 4.98 Å². The van der Waals surface area contributed by atoms with Gasteiger partial charge in [0, 0.05) is 19.1 Å². The molecule has 0 aliphatic carbocycles. The van der Waals surface area contributed by atoms with E-state index in [9.17, 15) is 0 Å². The zero-order valence-corrected chi connectivity index (χ0v) is 10.7. The van der Waals surface area contributed by atoms with Crippen LogP contribution in [0.15, 0.2) is 23.4 Å². The molecule has 3 N–H and O–H groups in total. The number of hydrogen-bond donors (Lipinski definition) is 2. The van der Waals surface area contributed by atoms with E-state index in [1.54, 1.807) is 6.07 Å². The van der Waals surface area contributed by atoms with Gasteiger partial charge >= 0.3 is 0 Å². The van der Waals surface area contributed by atoms with Gasteiger partial charge in [-0.3, -0.25) is 0 Å². The number of likely N-dealkylation sites (N-methyl/N-ethyl adjacent to an activating group) is 1. The molecule has 0 bridgehead atoms. The van der Waals surface area contributed by atoms with Gasteiger partial charge in [-0.2, -0.15) is 0 Å². The lowest BCUT2D eigenvalue weighted by Crippen LogP contribution is -2.31. The minimum atomic E-state index is 0.0419. The molecule has 0 saturated carbocycles. The number of amidine groups is 1. The summed E-state index contributed by atoms with van der Waals surface area (Å²) in [6.45, 7) is 1.94. The fraction of sp³-hybridized carbons (Fsp3) is 0.500. The second kappa shape index (κ2) is 5.22. The Morgan fingerprint density at radius 3 is 2.94 bits per heavy atom. The van der Waals surface area contributed by atoms with Crippen LogP contribution in [0, 0.1) is 0 Å². The van der Waals surface area contributed by atoms with Crippen LogP contribution in [0.25, 0.3) is 0 Å². The summed E-state index contributed by atoms with van der Waals surface area (Å²) in [7, 11) is 4.18. The summed E-state index contributed by atoms with van der Waals surface area (Å²) in [5, 5.41) is 11.6. The normalized spacial score (nSPS) is 20.7. The van der Waals surface area contributed by atoms with Crippen molar-refractivity contribution in [3.05, 3.63) is 23.9 Å². The van der Waals surface area contributed by atoms with Crippen LogP contribution in [0.3, 0.4) is 0 Å². The lowest BCUT2D eigenvalue weighted by Gasteiger charge is -2.21. The Balaban J connectivity index is 2.15. The fourth-order valence-electron chi connectivity index (χ4n) is 2.16. The van der Waals surface area contributed by atoms with Crippen molar-refractivity contribution in [2.75, 3.05) is 32.1 Å². The molecule has 1 aliphatic heterocycles. The molecule has 1 aromatic rings. The largest absolute Gasteiger partial charge is 0.409 e. The summed E-state index contributed by atoms with van der Waals surface area (Å²) in [4.78, 5) is 8.86. The number of rotatable bonds is 3. The number of nitrogens with zero attached hydrogens (tertiary/aromatic N) is 4. The van der Waals surface area contributed by atoms with Gasteiger partial charge in [-0.15, -0.1) is 0 Å². The Kier molecular flexibility index (Phi) is 3.66. The van der Waals surface area contributed by atoms with Gasteiger partial charge in [0.2, 0.25) is 0 Å². The van der Waals surface area contributed by atoms with Gasteiger partial charge in [0.1, 0.15) is 11.5 Å². The van der Waals surface area contributed by atoms with Crippen molar-refractivity contribution in [1.29, 1.82) is 0 Å². The van der Waals surface area contributed by atoms with E-state index in [1.807, 2.05) is 12.1 Å². The minimum absolute atomic E-state index is 0.0419. The number of pyridine rings is 1. The number of aromatic nitrogens is 1. The standard InChI is InChI=1S/C12H19N5O/c1-16(2)9-6-7-17(8-9)11-5-3-4-10(14-11)12(13)15-18/h3-5,9,18H,6-8H2,1-2H3,(H2,13,15). The molecule has 0 spiro atoms. The average Bonchev–Trinajstić information content (AvgIpc) is 2.88. The predicted octanol–water partition coefficient (Wildman–Crippen LogP) is 0.316. The van der Waals surface area contributed by atoms with E-state index in [0.29, 0.717) is 11.7 Å². The summed E-state index contributed by atoms with van der Waals surface area (Å²) < 4.78 is 0. The molecule has 1 saturated heterocycles. The third kappa shape index (κ3) is 2.53. The summed E-state index contributed by atoms with van der Waals surface area (Å²) >= 11 is 0. The molecule has 1 fully saturated rings. The van der Waals surface area contributed by atoms with Gasteiger partial charge < -0.3 is 20.7 Å². The van der Waals surface area contributed by atoms with E-state index >= 15 is 0 Å². The second-order valence-electron chi connectivity index (χ2n) is 4.72. The molecule has 1 atom stereocenters. The van der Waals surface area contributed by atoms with E-state index in [1.165, 1.54) is 0 Å². The van der Waals surface area contributed by atoms with Crippen LogP contribution in [0.1, 0.15) is 12.1 Å². The van der Waals surface area contributed by atoms with Crippen LogP contribution in [-0.2, 0) is 0 Å². The van der Waals surface area contributed by atoms with Crippen LogP contribution in [0.5, 0.6) is 0 Å². The van der Waals surface area contributed by atoms with Crippen molar-refractivity contribution in [3.8, 4) is 0 Å². The van der Waals surface area contributed by atoms with Crippen molar-refractivity contribution in [2.24, 2.45) is 10.9 Å². The Morgan fingerprint density at radius 2 is 2.33 bits per heavy atom. The molecule has 2 rings (SSSR count). The topological polar surface area (TPSA) is 78.0 Å². The predicted molar refractivity (Wildman–Crippen MR) is 71.1 cm³/mol. The quantitative estimate of drug-likeness (QED) is 0.349. The van der Waals surface area contributed by atoms with Gasteiger partial charge in [0.25, 0.3) is 0 Å². The summed E-state index contributed by atoms with van der Waals surface area (Å²) in [6.07, 6.45) is 1.13. The maximum Gasteiger partial charge on any atom is 0.188 e. The monoisotopic (exact) mass is 249 g/mol. The Morgan fingerprint density at radius 1 is 1.56 bits per heavy atom. The molecule has 18 heavy (non-hydrogen) atoms. The molecule has 6 heteroatoms. The zero-order chi connectivity index (χ0) is 13.1. The lowest BCUT2D eigenvalue weighted by atomic mass is 10.2. The van der Waals surface area contributed by atoms with E-state index in [-0.39, 0.29) is 5.84 Å². The van der Waals surface area contributed by atoms with E-state index in [4.69, 9.17) is 10.9 Å². The highest BCUT2D eigenvalue weighted by Gasteiger charge is 2.24. The van der Waals surface area contributed by atoms with Crippen molar-refractivity contribution in [3.63, 3.8) is 0 Å². The van der Waals surface area contributed by atoms with Crippen molar-refractivity contribution in [1.82, 2.24) is 9.88 Å². The van der Waals surface area contributed by atoms with Crippen LogP contribution >= 0.6 is 0 Å². The average molecular weight is 249 g/mol. The number of anilines is 1. The van der Waals surface area contributed by atoms with Crippen LogP contribution in [-0.4, -0.2) is 54.2 Å². The molecule has 0 amide bonds. The highest BCUT2D eigenvalue weighted by Crippen LogP contribution is 2.20.